The second-order valence-electron chi connectivity index (χ2n) is 3.29. The molecular weight excluding hydrogens is 218 g/mol. The average molecular weight is 239 g/mol. The molecule has 0 aliphatic carbocycles. The predicted molar refractivity (Wildman–Crippen MR) is 59.6 cm³/mol. The summed E-state index contributed by atoms with van der Waals surface area (Å²) in [5.74, 6) is -0.168. The van der Waals surface area contributed by atoms with Gasteiger partial charge in [0.05, 0.1) is 5.75 Å². The second kappa shape index (κ2) is 9.08. The van der Waals surface area contributed by atoms with Crippen LogP contribution in [0.5, 0.6) is 0 Å². The quantitative estimate of drug-likeness (QED) is 0.433. The van der Waals surface area contributed by atoms with Gasteiger partial charge in [-0.2, -0.15) is 8.42 Å². The van der Waals surface area contributed by atoms with Gasteiger partial charge >= 0.3 is 0 Å². The van der Waals surface area contributed by atoms with Gasteiger partial charge in [-0.25, -0.2) is 0 Å². The summed E-state index contributed by atoms with van der Waals surface area (Å²) >= 11 is 0. The summed E-state index contributed by atoms with van der Waals surface area (Å²) in [6.45, 7) is 4.98. The highest BCUT2D eigenvalue weighted by molar-refractivity contribution is 7.85. The van der Waals surface area contributed by atoms with Crippen molar-refractivity contribution >= 4 is 10.1 Å². The zero-order valence-electron chi connectivity index (χ0n) is 9.24. The standard InChI is InChI=1S/C9H21NO4S/c1-2-14-8-4-3-6-10-7-5-9-15(11,12)13/h10H,2-9H2,1H3,(H,11,12,13). The molecule has 0 aromatic heterocycles. The lowest BCUT2D eigenvalue weighted by molar-refractivity contribution is 0.143. The van der Waals surface area contributed by atoms with Crippen LogP contribution in [-0.2, 0) is 14.9 Å². The number of hydrogen-bond acceptors (Lipinski definition) is 4. The first kappa shape index (κ1) is 14.8. The van der Waals surface area contributed by atoms with E-state index in [1.807, 2.05) is 6.92 Å². The smallest absolute Gasteiger partial charge is 0.264 e. The van der Waals surface area contributed by atoms with Crippen molar-refractivity contribution in [3.63, 3.8) is 0 Å². The molecule has 92 valence electrons. The van der Waals surface area contributed by atoms with Gasteiger partial charge in [0.25, 0.3) is 10.1 Å². The minimum atomic E-state index is -3.79. The molecule has 0 saturated heterocycles. The van der Waals surface area contributed by atoms with Crippen LogP contribution in [0.2, 0.25) is 0 Å². The summed E-state index contributed by atoms with van der Waals surface area (Å²) in [4.78, 5) is 0. The van der Waals surface area contributed by atoms with Crippen molar-refractivity contribution < 1.29 is 17.7 Å². The fraction of sp³-hybridized carbons (Fsp3) is 1.00. The van der Waals surface area contributed by atoms with Crippen molar-refractivity contribution in [1.82, 2.24) is 5.32 Å². The van der Waals surface area contributed by atoms with Crippen LogP contribution in [0.15, 0.2) is 0 Å². The molecule has 0 atom stereocenters. The number of hydrogen-bond donors (Lipinski definition) is 2. The zero-order chi connectivity index (χ0) is 11.6. The summed E-state index contributed by atoms with van der Waals surface area (Å²) in [6.07, 6.45) is 2.48. The molecule has 0 spiro atoms. The molecule has 0 radical (unpaired) electrons. The van der Waals surface area contributed by atoms with E-state index in [1.54, 1.807) is 0 Å². The molecule has 0 aliphatic rings. The molecular formula is C9H21NO4S. The summed E-state index contributed by atoms with van der Waals surface area (Å²) in [5.41, 5.74) is 0. The van der Waals surface area contributed by atoms with Crippen LogP contribution in [-0.4, -0.2) is 45.0 Å². The highest BCUT2D eigenvalue weighted by Gasteiger charge is 2.02. The maximum atomic E-state index is 10.3. The van der Waals surface area contributed by atoms with E-state index < -0.39 is 10.1 Å². The maximum Gasteiger partial charge on any atom is 0.264 e. The van der Waals surface area contributed by atoms with Gasteiger partial charge in [-0.1, -0.05) is 0 Å². The Morgan fingerprint density at radius 1 is 1.20 bits per heavy atom. The van der Waals surface area contributed by atoms with Gasteiger partial charge in [0.1, 0.15) is 0 Å². The Labute approximate surface area is 92.0 Å². The van der Waals surface area contributed by atoms with Crippen LogP contribution in [0.25, 0.3) is 0 Å². The van der Waals surface area contributed by atoms with Crippen LogP contribution in [0, 0.1) is 0 Å². The Morgan fingerprint density at radius 3 is 2.47 bits per heavy atom. The van der Waals surface area contributed by atoms with Gasteiger partial charge in [-0.15, -0.1) is 0 Å². The average Bonchev–Trinajstić information content (AvgIpc) is 2.14. The summed E-state index contributed by atoms with van der Waals surface area (Å²) in [7, 11) is -3.79. The Hall–Kier alpha value is -0.170. The van der Waals surface area contributed by atoms with E-state index in [0.717, 1.165) is 32.6 Å². The fourth-order valence-corrected chi connectivity index (χ4v) is 1.61. The van der Waals surface area contributed by atoms with Gasteiger partial charge in [0.15, 0.2) is 0 Å². The summed E-state index contributed by atoms with van der Waals surface area (Å²) in [6, 6.07) is 0. The molecule has 0 amide bonds. The van der Waals surface area contributed by atoms with Crippen LogP contribution < -0.4 is 5.32 Å². The monoisotopic (exact) mass is 239 g/mol. The lowest BCUT2D eigenvalue weighted by Gasteiger charge is -2.04. The van der Waals surface area contributed by atoms with Crippen LogP contribution in [0.3, 0.4) is 0 Å². The number of nitrogens with one attached hydrogen (secondary N) is 1. The molecule has 2 N–H and O–H groups in total. The SMILES string of the molecule is CCOCCCCNCCCS(=O)(=O)O. The van der Waals surface area contributed by atoms with Crippen LogP contribution in [0.4, 0.5) is 0 Å². The summed E-state index contributed by atoms with van der Waals surface area (Å²) < 4.78 is 34.3. The molecule has 0 bridgehead atoms. The first-order chi connectivity index (χ1) is 7.06. The van der Waals surface area contributed by atoms with Crippen molar-refractivity contribution in [2.24, 2.45) is 0 Å². The first-order valence-corrected chi connectivity index (χ1v) is 6.91. The summed E-state index contributed by atoms with van der Waals surface area (Å²) in [5, 5.41) is 3.10. The van der Waals surface area contributed by atoms with Crippen LogP contribution >= 0.6 is 0 Å². The second-order valence-corrected chi connectivity index (χ2v) is 4.87. The highest BCUT2D eigenvalue weighted by atomic mass is 32.2. The number of ether oxygens (including phenoxy) is 1. The molecule has 5 nitrogen and oxygen atoms in total. The molecule has 0 fully saturated rings. The molecule has 0 aromatic carbocycles. The van der Waals surface area contributed by atoms with E-state index in [0.29, 0.717) is 13.0 Å². The van der Waals surface area contributed by atoms with E-state index in [9.17, 15) is 8.42 Å². The third kappa shape index (κ3) is 13.8. The Balaban J connectivity index is 3.06. The topological polar surface area (TPSA) is 75.6 Å². The Kier molecular flexibility index (Phi) is 8.98. The third-order valence-electron chi connectivity index (χ3n) is 1.85. The van der Waals surface area contributed by atoms with Crippen molar-refractivity contribution in [1.29, 1.82) is 0 Å². The molecule has 0 rings (SSSR count). The largest absolute Gasteiger partial charge is 0.382 e. The zero-order valence-corrected chi connectivity index (χ0v) is 10.1. The van der Waals surface area contributed by atoms with E-state index in [4.69, 9.17) is 9.29 Å². The van der Waals surface area contributed by atoms with Gasteiger partial charge in [0.2, 0.25) is 0 Å². The lowest BCUT2D eigenvalue weighted by atomic mass is 10.3. The maximum absolute atomic E-state index is 10.3. The normalized spacial score (nSPS) is 11.9. The van der Waals surface area contributed by atoms with E-state index >= 15 is 0 Å². The number of unbranched alkanes of at least 4 members (excludes halogenated alkanes) is 1. The van der Waals surface area contributed by atoms with E-state index in [2.05, 4.69) is 5.32 Å². The number of rotatable bonds is 10. The van der Waals surface area contributed by atoms with E-state index in [-0.39, 0.29) is 5.75 Å². The minimum absolute atomic E-state index is 0.168. The predicted octanol–water partition coefficient (Wildman–Crippen LogP) is 0.671. The van der Waals surface area contributed by atoms with E-state index in [1.165, 1.54) is 0 Å². The van der Waals surface area contributed by atoms with Gasteiger partial charge < -0.3 is 10.1 Å². The molecule has 0 aromatic rings. The molecule has 0 saturated carbocycles. The third-order valence-corrected chi connectivity index (χ3v) is 2.66. The molecule has 6 heteroatoms. The molecule has 15 heavy (non-hydrogen) atoms. The Bertz CT molecular complexity index is 228. The minimum Gasteiger partial charge on any atom is -0.382 e. The highest BCUT2D eigenvalue weighted by Crippen LogP contribution is 1.90. The Morgan fingerprint density at radius 2 is 1.87 bits per heavy atom. The fourth-order valence-electron chi connectivity index (χ4n) is 1.10. The van der Waals surface area contributed by atoms with Gasteiger partial charge in [-0.05, 0) is 39.3 Å². The lowest BCUT2D eigenvalue weighted by Crippen LogP contribution is -2.19. The molecule has 0 unspecified atom stereocenters. The first-order valence-electron chi connectivity index (χ1n) is 5.30. The van der Waals surface area contributed by atoms with Gasteiger partial charge in [-0.3, -0.25) is 4.55 Å². The van der Waals surface area contributed by atoms with Gasteiger partial charge in [0, 0.05) is 13.2 Å². The molecule has 0 aliphatic heterocycles. The molecule has 0 heterocycles. The van der Waals surface area contributed by atoms with Crippen molar-refractivity contribution in [2.75, 3.05) is 32.1 Å². The van der Waals surface area contributed by atoms with Crippen molar-refractivity contribution in [3.05, 3.63) is 0 Å². The van der Waals surface area contributed by atoms with Crippen molar-refractivity contribution in [3.8, 4) is 0 Å². The van der Waals surface area contributed by atoms with Crippen LogP contribution in [0.1, 0.15) is 26.2 Å². The van der Waals surface area contributed by atoms with Crippen molar-refractivity contribution in [2.45, 2.75) is 26.2 Å².